The van der Waals surface area contributed by atoms with Gasteiger partial charge in [0.25, 0.3) is 0 Å². The van der Waals surface area contributed by atoms with Gasteiger partial charge in [0, 0.05) is 37.2 Å². The molecule has 0 aromatic carbocycles. The molecule has 2 aromatic heterocycles. The molecule has 19 heavy (non-hydrogen) atoms. The summed E-state index contributed by atoms with van der Waals surface area (Å²) < 4.78 is 10.4. The van der Waals surface area contributed by atoms with Gasteiger partial charge in [-0.15, -0.1) is 11.3 Å². The maximum atomic E-state index is 5.23. The van der Waals surface area contributed by atoms with Crippen molar-refractivity contribution >= 4 is 11.3 Å². The fourth-order valence-corrected chi connectivity index (χ4v) is 2.75. The number of methoxy groups -OCH3 is 1. The molecule has 2 heterocycles. The van der Waals surface area contributed by atoms with Gasteiger partial charge in [-0.3, -0.25) is 4.90 Å². The van der Waals surface area contributed by atoms with Crippen molar-refractivity contribution in [2.45, 2.75) is 26.9 Å². The number of hydrogen-bond donors (Lipinski definition) is 0. The molecule has 0 fully saturated rings. The van der Waals surface area contributed by atoms with Gasteiger partial charge >= 0.3 is 0 Å². The molecule has 0 atom stereocenters. The maximum Gasteiger partial charge on any atom is 0.138 e. The SMILES string of the molecule is COCCN(Cc1cccs1)Cc1c(C)noc1C. The Morgan fingerprint density at radius 1 is 1.37 bits per heavy atom. The molecule has 0 amide bonds. The molecule has 0 unspecified atom stereocenters. The van der Waals surface area contributed by atoms with Crippen LogP contribution in [0.5, 0.6) is 0 Å². The van der Waals surface area contributed by atoms with Gasteiger partial charge in [0.15, 0.2) is 0 Å². The fraction of sp³-hybridized carbons (Fsp3) is 0.500. The fourth-order valence-electron chi connectivity index (χ4n) is 2.01. The van der Waals surface area contributed by atoms with Crippen molar-refractivity contribution < 1.29 is 9.26 Å². The first-order valence-electron chi connectivity index (χ1n) is 6.36. The molecule has 0 saturated heterocycles. The molecule has 0 bridgehead atoms. The summed E-state index contributed by atoms with van der Waals surface area (Å²) >= 11 is 1.78. The van der Waals surface area contributed by atoms with Crippen molar-refractivity contribution in [1.29, 1.82) is 0 Å². The van der Waals surface area contributed by atoms with Gasteiger partial charge in [0.05, 0.1) is 12.3 Å². The third-order valence-electron chi connectivity index (χ3n) is 3.13. The van der Waals surface area contributed by atoms with Crippen LogP contribution in [-0.2, 0) is 17.8 Å². The van der Waals surface area contributed by atoms with Gasteiger partial charge in [-0.2, -0.15) is 0 Å². The number of aryl methyl sites for hydroxylation is 2. The monoisotopic (exact) mass is 280 g/mol. The summed E-state index contributed by atoms with van der Waals surface area (Å²) in [7, 11) is 1.74. The summed E-state index contributed by atoms with van der Waals surface area (Å²) in [6, 6.07) is 4.25. The van der Waals surface area contributed by atoms with E-state index in [0.717, 1.165) is 37.7 Å². The molecule has 104 valence electrons. The molecule has 0 aliphatic carbocycles. The Labute approximate surface area is 118 Å². The summed E-state index contributed by atoms with van der Waals surface area (Å²) in [6.07, 6.45) is 0. The molecular weight excluding hydrogens is 260 g/mol. The van der Waals surface area contributed by atoms with Crippen LogP contribution in [0.1, 0.15) is 21.9 Å². The zero-order chi connectivity index (χ0) is 13.7. The van der Waals surface area contributed by atoms with E-state index in [2.05, 4.69) is 27.6 Å². The van der Waals surface area contributed by atoms with Crippen molar-refractivity contribution in [3.05, 3.63) is 39.4 Å². The van der Waals surface area contributed by atoms with Crippen molar-refractivity contribution in [2.75, 3.05) is 20.3 Å². The zero-order valence-corrected chi connectivity index (χ0v) is 12.5. The van der Waals surface area contributed by atoms with Crippen LogP contribution in [0.15, 0.2) is 22.0 Å². The highest BCUT2D eigenvalue weighted by Gasteiger charge is 2.14. The predicted octanol–water partition coefficient (Wildman–Crippen LogP) is 3.00. The first-order chi connectivity index (χ1) is 9.20. The Bertz CT molecular complexity index is 474. The van der Waals surface area contributed by atoms with E-state index >= 15 is 0 Å². The van der Waals surface area contributed by atoms with E-state index < -0.39 is 0 Å². The first-order valence-corrected chi connectivity index (χ1v) is 7.24. The topological polar surface area (TPSA) is 38.5 Å². The highest BCUT2D eigenvalue weighted by molar-refractivity contribution is 7.09. The average molecular weight is 280 g/mol. The Morgan fingerprint density at radius 3 is 2.79 bits per heavy atom. The molecule has 0 saturated carbocycles. The molecule has 2 aromatic rings. The van der Waals surface area contributed by atoms with E-state index in [-0.39, 0.29) is 0 Å². The maximum absolute atomic E-state index is 5.23. The lowest BCUT2D eigenvalue weighted by Crippen LogP contribution is -2.26. The van der Waals surface area contributed by atoms with Gasteiger partial charge in [0.1, 0.15) is 5.76 Å². The second-order valence-electron chi connectivity index (χ2n) is 4.59. The molecule has 0 spiro atoms. The Hall–Kier alpha value is -1.17. The van der Waals surface area contributed by atoms with Gasteiger partial charge in [0.2, 0.25) is 0 Å². The normalized spacial score (nSPS) is 11.4. The van der Waals surface area contributed by atoms with Crippen LogP contribution in [0.4, 0.5) is 0 Å². The molecule has 0 N–H and O–H groups in total. The van der Waals surface area contributed by atoms with Gasteiger partial charge in [-0.05, 0) is 25.3 Å². The summed E-state index contributed by atoms with van der Waals surface area (Å²) in [4.78, 5) is 3.73. The van der Waals surface area contributed by atoms with E-state index in [1.165, 1.54) is 10.4 Å². The lowest BCUT2D eigenvalue weighted by Gasteiger charge is -2.21. The van der Waals surface area contributed by atoms with Crippen molar-refractivity contribution in [3.8, 4) is 0 Å². The lowest BCUT2D eigenvalue weighted by atomic mass is 10.2. The van der Waals surface area contributed by atoms with E-state index in [9.17, 15) is 0 Å². The van der Waals surface area contributed by atoms with Crippen LogP contribution in [0.25, 0.3) is 0 Å². The molecule has 4 nitrogen and oxygen atoms in total. The molecule has 0 radical (unpaired) electrons. The summed E-state index contributed by atoms with van der Waals surface area (Å²) in [5.74, 6) is 0.908. The van der Waals surface area contributed by atoms with Gasteiger partial charge in [-0.25, -0.2) is 0 Å². The molecule has 2 rings (SSSR count). The van der Waals surface area contributed by atoms with Crippen molar-refractivity contribution in [1.82, 2.24) is 10.1 Å². The Balaban J connectivity index is 2.05. The molecular formula is C14H20N2O2S. The van der Waals surface area contributed by atoms with Crippen LogP contribution in [0.2, 0.25) is 0 Å². The standard InChI is InChI=1S/C14H20N2O2S/c1-11-14(12(2)18-15-11)10-16(6-7-17-3)9-13-5-4-8-19-13/h4-5,8H,6-7,9-10H2,1-3H3. The Kier molecular flexibility index (Phi) is 5.13. The third kappa shape index (κ3) is 3.89. The molecule has 0 aliphatic rings. The number of nitrogens with zero attached hydrogens (tertiary/aromatic N) is 2. The van der Waals surface area contributed by atoms with Crippen LogP contribution in [0, 0.1) is 13.8 Å². The quantitative estimate of drug-likeness (QED) is 0.781. The highest BCUT2D eigenvalue weighted by atomic mass is 32.1. The number of aromatic nitrogens is 1. The number of hydrogen-bond acceptors (Lipinski definition) is 5. The van der Waals surface area contributed by atoms with Crippen LogP contribution >= 0.6 is 11.3 Å². The Morgan fingerprint density at radius 2 is 2.21 bits per heavy atom. The number of rotatable bonds is 7. The third-order valence-corrected chi connectivity index (χ3v) is 4.00. The minimum Gasteiger partial charge on any atom is -0.383 e. The van der Waals surface area contributed by atoms with Crippen LogP contribution in [-0.4, -0.2) is 30.3 Å². The van der Waals surface area contributed by atoms with E-state index in [1.54, 1.807) is 18.4 Å². The smallest absolute Gasteiger partial charge is 0.138 e. The largest absolute Gasteiger partial charge is 0.383 e. The van der Waals surface area contributed by atoms with E-state index in [1.807, 2.05) is 13.8 Å². The summed E-state index contributed by atoms with van der Waals surface area (Å²) in [5.41, 5.74) is 2.17. The number of ether oxygens (including phenoxy) is 1. The molecule has 5 heteroatoms. The summed E-state index contributed by atoms with van der Waals surface area (Å²) in [5, 5.41) is 6.13. The average Bonchev–Trinajstić information content (AvgIpc) is 3.00. The second-order valence-corrected chi connectivity index (χ2v) is 5.62. The minimum absolute atomic E-state index is 0.731. The van der Waals surface area contributed by atoms with Crippen LogP contribution < -0.4 is 0 Å². The zero-order valence-electron chi connectivity index (χ0n) is 11.7. The minimum atomic E-state index is 0.731. The summed E-state index contributed by atoms with van der Waals surface area (Å²) in [6.45, 7) is 7.38. The predicted molar refractivity (Wildman–Crippen MR) is 76.3 cm³/mol. The van der Waals surface area contributed by atoms with Crippen molar-refractivity contribution in [2.24, 2.45) is 0 Å². The van der Waals surface area contributed by atoms with Gasteiger partial charge < -0.3 is 9.26 Å². The van der Waals surface area contributed by atoms with Gasteiger partial charge in [-0.1, -0.05) is 11.2 Å². The van der Waals surface area contributed by atoms with E-state index in [0.29, 0.717) is 0 Å². The second kappa shape index (κ2) is 6.84. The highest BCUT2D eigenvalue weighted by Crippen LogP contribution is 2.18. The molecule has 0 aliphatic heterocycles. The van der Waals surface area contributed by atoms with E-state index in [4.69, 9.17) is 9.26 Å². The van der Waals surface area contributed by atoms with Crippen molar-refractivity contribution in [3.63, 3.8) is 0 Å². The van der Waals surface area contributed by atoms with Crippen LogP contribution in [0.3, 0.4) is 0 Å². The lowest BCUT2D eigenvalue weighted by molar-refractivity contribution is 0.140. The number of thiophene rings is 1. The first kappa shape index (κ1) is 14.2.